The molecule has 3 nitrogen and oxygen atoms in total. The lowest BCUT2D eigenvalue weighted by atomic mass is 10.1. The third-order valence-electron chi connectivity index (χ3n) is 2.39. The summed E-state index contributed by atoms with van der Waals surface area (Å²) in [6, 6.07) is 5.89. The van der Waals surface area contributed by atoms with Crippen LogP contribution in [0.15, 0.2) is 24.3 Å². The Labute approximate surface area is 110 Å². The van der Waals surface area contributed by atoms with Gasteiger partial charge in [0.05, 0.1) is 25.3 Å². The Morgan fingerprint density at radius 3 is 2.21 bits per heavy atom. The summed E-state index contributed by atoms with van der Waals surface area (Å²) in [5.74, 6) is 0.645. The molecule has 0 spiro atoms. The van der Waals surface area contributed by atoms with E-state index in [0.29, 0.717) is 11.3 Å². The molecule has 0 radical (unpaired) electrons. The molecule has 0 fully saturated rings. The highest BCUT2D eigenvalue weighted by molar-refractivity contribution is 5.29. The molecule has 1 rings (SSSR count). The number of benzene rings is 1. The fourth-order valence-electron chi connectivity index (χ4n) is 1.58. The summed E-state index contributed by atoms with van der Waals surface area (Å²) in [6.45, 7) is 2.23. The number of hydrogen-bond donors (Lipinski definition) is 2. The SMILES string of the molecule is CC(C)Oc1ccc(C(CO)NCC(F)(F)F)cc1. The Balaban J connectivity index is 2.66. The number of ether oxygens (including phenoxy) is 1. The Morgan fingerprint density at radius 2 is 1.79 bits per heavy atom. The second-order valence-electron chi connectivity index (χ2n) is 4.47. The summed E-state index contributed by atoms with van der Waals surface area (Å²) in [5.41, 5.74) is 0.586. The van der Waals surface area contributed by atoms with Crippen LogP contribution in [0.25, 0.3) is 0 Å². The van der Waals surface area contributed by atoms with Crippen molar-refractivity contribution in [3.05, 3.63) is 29.8 Å². The van der Waals surface area contributed by atoms with E-state index in [2.05, 4.69) is 5.32 Å². The molecule has 1 unspecified atom stereocenters. The van der Waals surface area contributed by atoms with Crippen molar-refractivity contribution in [3.8, 4) is 5.75 Å². The molecular weight excluding hydrogens is 259 g/mol. The Morgan fingerprint density at radius 1 is 1.21 bits per heavy atom. The fraction of sp³-hybridized carbons (Fsp3) is 0.538. The number of hydrogen-bond acceptors (Lipinski definition) is 3. The molecular formula is C13H18F3NO2. The van der Waals surface area contributed by atoms with Gasteiger partial charge in [-0.05, 0) is 31.5 Å². The van der Waals surface area contributed by atoms with E-state index in [1.807, 2.05) is 13.8 Å². The maximum absolute atomic E-state index is 12.1. The van der Waals surface area contributed by atoms with Crippen LogP contribution in [0.1, 0.15) is 25.5 Å². The van der Waals surface area contributed by atoms with Crippen LogP contribution >= 0.6 is 0 Å². The minimum Gasteiger partial charge on any atom is -0.491 e. The van der Waals surface area contributed by atoms with Crippen molar-refractivity contribution in [2.24, 2.45) is 0 Å². The first kappa shape index (κ1) is 15.8. The van der Waals surface area contributed by atoms with Gasteiger partial charge < -0.3 is 9.84 Å². The number of aliphatic hydroxyl groups is 1. The molecule has 0 aliphatic heterocycles. The Hall–Kier alpha value is -1.27. The zero-order valence-electron chi connectivity index (χ0n) is 10.9. The minimum atomic E-state index is -4.30. The largest absolute Gasteiger partial charge is 0.491 e. The van der Waals surface area contributed by atoms with E-state index in [9.17, 15) is 13.2 Å². The standard InChI is InChI=1S/C13H18F3NO2/c1-9(2)19-11-5-3-10(4-6-11)12(7-18)17-8-13(14,15)16/h3-6,9,12,17-18H,7-8H2,1-2H3. The van der Waals surface area contributed by atoms with Crippen molar-refractivity contribution in [1.29, 1.82) is 0 Å². The molecule has 0 aromatic heterocycles. The summed E-state index contributed by atoms with van der Waals surface area (Å²) >= 11 is 0. The van der Waals surface area contributed by atoms with Crippen molar-refractivity contribution < 1.29 is 23.0 Å². The topological polar surface area (TPSA) is 41.5 Å². The minimum absolute atomic E-state index is 0.0304. The molecule has 2 N–H and O–H groups in total. The van der Waals surface area contributed by atoms with Crippen LogP contribution in [0.4, 0.5) is 13.2 Å². The zero-order valence-corrected chi connectivity index (χ0v) is 10.9. The van der Waals surface area contributed by atoms with Crippen molar-refractivity contribution in [1.82, 2.24) is 5.32 Å². The first-order valence-corrected chi connectivity index (χ1v) is 5.99. The van der Waals surface area contributed by atoms with Gasteiger partial charge in [0.25, 0.3) is 0 Å². The Bertz CT molecular complexity index is 376. The molecule has 108 valence electrons. The average Bonchev–Trinajstić information content (AvgIpc) is 2.29. The second-order valence-corrected chi connectivity index (χ2v) is 4.47. The normalized spacial score (nSPS) is 13.6. The lowest BCUT2D eigenvalue weighted by Gasteiger charge is -2.18. The lowest BCUT2D eigenvalue weighted by molar-refractivity contribution is -0.126. The van der Waals surface area contributed by atoms with Gasteiger partial charge in [-0.25, -0.2) is 0 Å². The van der Waals surface area contributed by atoms with Gasteiger partial charge in [-0.15, -0.1) is 0 Å². The molecule has 0 amide bonds. The molecule has 1 aromatic carbocycles. The summed E-state index contributed by atoms with van der Waals surface area (Å²) in [6.07, 6.45) is -4.27. The van der Waals surface area contributed by atoms with Crippen LogP contribution in [-0.2, 0) is 0 Å². The second kappa shape index (κ2) is 6.77. The molecule has 0 saturated heterocycles. The van der Waals surface area contributed by atoms with E-state index in [0.717, 1.165) is 0 Å². The first-order valence-electron chi connectivity index (χ1n) is 5.99. The van der Waals surface area contributed by atoms with Crippen LogP contribution < -0.4 is 10.1 Å². The average molecular weight is 277 g/mol. The number of aliphatic hydroxyl groups excluding tert-OH is 1. The predicted molar refractivity (Wildman–Crippen MR) is 66.1 cm³/mol. The van der Waals surface area contributed by atoms with Crippen molar-refractivity contribution in [3.63, 3.8) is 0 Å². The molecule has 19 heavy (non-hydrogen) atoms. The van der Waals surface area contributed by atoms with E-state index in [-0.39, 0.29) is 6.10 Å². The molecule has 0 aliphatic carbocycles. The van der Waals surface area contributed by atoms with Crippen molar-refractivity contribution >= 4 is 0 Å². The van der Waals surface area contributed by atoms with Crippen LogP contribution in [0.5, 0.6) is 5.75 Å². The van der Waals surface area contributed by atoms with E-state index in [1.54, 1.807) is 24.3 Å². The summed E-state index contributed by atoms with van der Waals surface area (Å²) in [4.78, 5) is 0. The number of alkyl halides is 3. The van der Waals surface area contributed by atoms with Gasteiger partial charge >= 0.3 is 6.18 Å². The van der Waals surface area contributed by atoms with Crippen molar-refractivity contribution in [2.75, 3.05) is 13.2 Å². The molecule has 1 atom stereocenters. The first-order chi connectivity index (χ1) is 8.81. The van der Waals surface area contributed by atoms with Crippen LogP contribution in [0.3, 0.4) is 0 Å². The van der Waals surface area contributed by atoms with Gasteiger partial charge in [0.15, 0.2) is 0 Å². The quantitative estimate of drug-likeness (QED) is 0.840. The third-order valence-corrected chi connectivity index (χ3v) is 2.39. The third kappa shape index (κ3) is 5.94. The number of nitrogens with one attached hydrogen (secondary N) is 1. The molecule has 0 bridgehead atoms. The Kier molecular flexibility index (Phi) is 5.62. The van der Waals surface area contributed by atoms with Gasteiger partial charge in [-0.1, -0.05) is 12.1 Å². The van der Waals surface area contributed by atoms with E-state index < -0.39 is 25.4 Å². The maximum atomic E-state index is 12.1. The monoisotopic (exact) mass is 277 g/mol. The fourth-order valence-corrected chi connectivity index (χ4v) is 1.58. The van der Waals surface area contributed by atoms with Crippen LogP contribution in [0.2, 0.25) is 0 Å². The number of rotatable bonds is 6. The lowest BCUT2D eigenvalue weighted by Crippen LogP contribution is -2.33. The highest BCUT2D eigenvalue weighted by Crippen LogP contribution is 2.20. The van der Waals surface area contributed by atoms with Crippen LogP contribution in [0, 0.1) is 0 Å². The van der Waals surface area contributed by atoms with Crippen LogP contribution in [-0.4, -0.2) is 30.5 Å². The smallest absolute Gasteiger partial charge is 0.401 e. The van der Waals surface area contributed by atoms with Gasteiger partial charge in [-0.2, -0.15) is 13.2 Å². The molecule has 1 aromatic rings. The summed E-state index contributed by atoms with van der Waals surface area (Å²) in [5, 5.41) is 11.4. The molecule has 0 aliphatic rings. The van der Waals surface area contributed by atoms with E-state index in [4.69, 9.17) is 9.84 Å². The van der Waals surface area contributed by atoms with Gasteiger partial charge in [0.2, 0.25) is 0 Å². The summed E-state index contributed by atoms with van der Waals surface area (Å²) in [7, 11) is 0. The zero-order chi connectivity index (χ0) is 14.5. The predicted octanol–water partition coefficient (Wildman–Crippen LogP) is 2.66. The van der Waals surface area contributed by atoms with E-state index in [1.165, 1.54) is 0 Å². The summed E-state index contributed by atoms with van der Waals surface area (Å²) < 4.78 is 41.8. The highest BCUT2D eigenvalue weighted by Gasteiger charge is 2.28. The molecule has 0 heterocycles. The van der Waals surface area contributed by atoms with Gasteiger partial charge in [0, 0.05) is 0 Å². The maximum Gasteiger partial charge on any atom is 0.401 e. The van der Waals surface area contributed by atoms with Crippen molar-refractivity contribution in [2.45, 2.75) is 32.2 Å². The van der Waals surface area contributed by atoms with Gasteiger partial charge in [0.1, 0.15) is 5.75 Å². The molecule has 6 heteroatoms. The van der Waals surface area contributed by atoms with E-state index >= 15 is 0 Å². The molecule has 0 saturated carbocycles. The highest BCUT2D eigenvalue weighted by atomic mass is 19.4. The van der Waals surface area contributed by atoms with Gasteiger partial charge in [-0.3, -0.25) is 5.32 Å². The number of halogens is 3.